The van der Waals surface area contributed by atoms with Gasteiger partial charge in [0.1, 0.15) is 0 Å². The van der Waals surface area contributed by atoms with Crippen molar-refractivity contribution in [1.29, 1.82) is 0 Å². The molecule has 0 atom stereocenters. The fourth-order valence-corrected chi connectivity index (χ4v) is 2.95. The first kappa shape index (κ1) is 52.4. The van der Waals surface area contributed by atoms with Crippen molar-refractivity contribution >= 4 is 30.4 Å². The predicted molar refractivity (Wildman–Crippen MR) is 170 cm³/mol. The molecule has 0 amide bonds. The molecule has 8 heteroatoms. The zero-order chi connectivity index (χ0) is 27.9. The summed E-state index contributed by atoms with van der Waals surface area (Å²) in [6.45, 7) is 21.0. The van der Waals surface area contributed by atoms with Gasteiger partial charge in [0, 0.05) is 70.7 Å². The van der Waals surface area contributed by atoms with Gasteiger partial charge in [0.15, 0.2) is 0 Å². The maximum atomic E-state index is 7.28. The monoisotopic (exact) mass is 946 g/mol. The Hall–Kier alpha value is -0.246. The molecule has 222 valence electrons. The maximum absolute atomic E-state index is 7.28. The molecule has 0 fully saturated rings. The third-order valence-electron chi connectivity index (χ3n) is 4.19. The molecule has 0 spiro atoms. The molecule has 0 aliphatic heterocycles. The third-order valence-corrected chi connectivity index (χ3v) is 4.19. The Balaban J connectivity index is -0.0000000885. The summed E-state index contributed by atoms with van der Waals surface area (Å²) in [7, 11) is 1.50. The molecule has 2 nitrogen and oxygen atoms in total. The van der Waals surface area contributed by atoms with Crippen LogP contribution < -0.4 is 24.8 Å². The zero-order valence-electron chi connectivity index (χ0n) is 26.1. The quantitative estimate of drug-likeness (QED) is 0.278. The molecule has 0 bridgehead atoms. The van der Waals surface area contributed by atoms with E-state index in [0.717, 1.165) is 31.9 Å². The van der Waals surface area contributed by atoms with Crippen LogP contribution in [-0.4, -0.2) is 19.0 Å². The smallest absolute Gasteiger partial charge is 0.0213 e. The van der Waals surface area contributed by atoms with Crippen LogP contribution in [0.3, 0.4) is 0 Å². The van der Waals surface area contributed by atoms with Gasteiger partial charge in [-0.15, -0.1) is 38.1 Å². The number of nitrogens with one attached hydrogen (secondary N) is 2. The first-order chi connectivity index (χ1) is 17.0. The minimum atomic E-state index is 0. The maximum Gasteiger partial charge on any atom is 0.0213 e. The van der Waals surface area contributed by atoms with Gasteiger partial charge in [-0.25, -0.2) is 23.3 Å². The van der Waals surface area contributed by atoms with Crippen molar-refractivity contribution in [2.24, 2.45) is 0 Å². The number of aryl methyl sites for hydroxylation is 4. The summed E-state index contributed by atoms with van der Waals surface area (Å²) in [5.41, 5.74) is 23.1. The van der Waals surface area contributed by atoms with Crippen LogP contribution in [-0.2, 0) is 51.7 Å². The fraction of sp³-hybridized carbons (Fsp3) is 0.375. The molecule has 2 aromatic rings. The molecule has 2 aliphatic rings. The average molecular weight is 945 g/mol. The summed E-state index contributed by atoms with van der Waals surface area (Å²) in [5.74, 6) is 0. The second-order valence-corrected chi connectivity index (χ2v) is 11.2. The van der Waals surface area contributed by atoms with Crippen molar-refractivity contribution in [3.63, 3.8) is 0 Å². The molecule has 2 N–H and O–H groups in total. The van der Waals surface area contributed by atoms with E-state index in [4.69, 9.17) is 11.5 Å². The molecule has 0 saturated heterocycles. The van der Waals surface area contributed by atoms with E-state index in [0.29, 0.717) is 11.4 Å². The van der Waals surface area contributed by atoms with Gasteiger partial charge in [-0.3, -0.25) is 12.2 Å². The van der Waals surface area contributed by atoms with Gasteiger partial charge in [0.2, 0.25) is 0 Å². The summed E-state index contributed by atoms with van der Waals surface area (Å²) >= 11 is 0. The Morgan fingerprint density at radius 1 is 0.525 bits per heavy atom. The van der Waals surface area contributed by atoms with E-state index >= 15 is 0 Å². The average Bonchev–Trinajstić information content (AvgIpc) is 3.42. The Labute approximate surface area is 302 Å². The molecule has 0 saturated carbocycles. The van der Waals surface area contributed by atoms with E-state index in [1.165, 1.54) is 33.4 Å². The number of hydrogen-bond acceptors (Lipinski definition) is 0. The van der Waals surface area contributed by atoms with Crippen LogP contribution in [0.4, 0.5) is 11.4 Å². The van der Waals surface area contributed by atoms with Crippen LogP contribution in [0.15, 0.2) is 71.8 Å². The normalized spacial score (nSPS) is 10.8. The van der Waals surface area contributed by atoms with Crippen molar-refractivity contribution in [2.45, 2.75) is 80.6 Å². The van der Waals surface area contributed by atoms with Crippen molar-refractivity contribution in [3.8, 4) is 0 Å². The van der Waals surface area contributed by atoms with E-state index in [1.807, 2.05) is 64.1 Å². The van der Waals surface area contributed by atoms with Crippen LogP contribution in [0.25, 0.3) is 11.5 Å². The standard InChI is InChI=1S/2C8H10N.2C6H7.2C2H7Si.2ClH.2Hf/c2*1-6-3-7(2)5-8(9)4-6;2*1-6-4-2-3-5-6;2*1-3-2;;;;/h2*3-5,9H,1-2H3;2*4-5H,2H2,1H3;2*3H,1-2H3;2*1H;;/q4*-1;;;;;;/p-2. The molecule has 2 radical (unpaired) electrons. The fourth-order valence-electron chi connectivity index (χ4n) is 2.95. The van der Waals surface area contributed by atoms with Gasteiger partial charge in [0.25, 0.3) is 0 Å². The number of hydrogen-bond donors (Lipinski definition) is 0. The summed E-state index contributed by atoms with van der Waals surface area (Å²) in [5, 5.41) is 0. The summed E-state index contributed by atoms with van der Waals surface area (Å²) in [6.07, 6.45) is 16.5. The van der Waals surface area contributed by atoms with Gasteiger partial charge in [-0.05, 0) is 27.7 Å². The number of allylic oxidation sites excluding steroid dienone is 8. The van der Waals surface area contributed by atoms with Gasteiger partial charge in [-0.2, -0.15) is 12.2 Å². The predicted octanol–water partition coefficient (Wildman–Crippen LogP) is 4.41. The molecule has 4 rings (SSSR count). The number of rotatable bonds is 0. The van der Waals surface area contributed by atoms with Gasteiger partial charge in [-0.1, -0.05) is 84.8 Å². The van der Waals surface area contributed by atoms with Crippen LogP contribution in [0, 0.1) is 39.8 Å². The molecule has 2 aromatic carbocycles. The summed E-state index contributed by atoms with van der Waals surface area (Å²) in [6, 6.07) is 11.6. The minimum absolute atomic E-state index is 0. The molecular formula is C32H48Cl2Hf2N2Si2-6. The van der Waals surface area contributed by atoms with Gasteiger partial charge in [0.05, 0.1) is 0 Å². The van der Waals surface area contributed by atoms with Gasteiger partial charge >= 0.3 is 0 Å². The molecular weight excluding hydrogens is 896 g/mol. The van der Waals surface area contributed by atoms with Crippen molar-refractivity contribution in [3.05, 3.63) is 118 Å². The molecule has 40 heavy (non-hydrogen) atoms. The Morgan fingerprint density at radius 3 is 0.850 bits per heavy atom. The molecule has 0 heterocycles. The second-order valence-electron chi connectivity index (χ2n) is 8.91. The van der Waals surface area contributed by atoms with E-state index in [1.54, 1.807) is 0 Å². The van der Waals surface area contributed by atoms with E-state index in [2.05, 4.69) is 76.5 Å². The zero-order valence-corrected chi connectivity index (χ0v) is 37.1. The topological polar surface area (TPSA) is 47.6 Å². The third kappa shape index (κ3) is 35.8. The SMILES string of the molecule is CC1=CC[C-]=C1.CC1=CC[C-]=C1.C[SiH]C.C[SiH]C.Cc1cc(C)cc([NH-])c1.Cc1cc(C)cc([NH-])c1.[Cl-].[Cl-].[Hf].[Hf]. The van der Waals surface area contributed by atoms with Crippen molar-refractivity contribution < 1.29 is 76.5 Å². The minimum Gasteiger partial charge on any atom is -1.00 e. The number of benzene rings is 2. The largest absolute Gasteiger partial charge is 1.00 e. The summed E-state index contributed by atoms with van der Waals surface area (Å²) < 4.78 is 0. The Morgan fingerprint density at radius 2 is 0.750 bits per heavy atom. The Kier molecular flexibility index (Phi) is 45.8. The van der Waals surface area contributed by atoms with Crippen LogP contribution in [0.5, 0.6) is 0 Å². The first-order valence-corrected chi connectivity index (χ1v) is 17.1. The van der Waals surface area contributed by atoms with Crippen molar-refractivity contribution in [2.75, 3.05) is 0 Å². The molecule has 2 aliphatic carbocycles. The van der Waals surface area contributed by atoms with Crippen molar-refractivity contribution in [1.82, 2.24) is 0 Å². The van der Waals surface area contributed by atoms with Gasteiger partial charge < -0.3 is 36.3 Å². The van der Waals surface area contributed by atoms with Crippen LogP contribution in [0.1, 0.15) is 48.9 Å². The molecule has 0 aromatic heterocycles. The van der Waals surface area contributed by atoms with E-state index in [-0.39, 0.29) is 76.5 Å². The number of halogens is 2. The first-order valence-electron chi connectivity index (χ1n) is 12.5. The summed E-state index contributed by atoms with van der Waals surface area (Å²) in [4.78, 5) is 0. The second kappa shape index (κ2) is 35.0. The molecule has 0 unspecified atom stereocenters. The van der Waals surface area contributed by atoms with E-state index < -0.39 is 0 Å². The van der Waals surface area contributed by atoms with Crippen LogP contribution >= 0.6 is 0 Å². The van der Waals surface area contributed by atoms with E-state index in [9.17, 15) is 0 Å². The van der Waals surface area contributed by atoms with Crippen LogP contribution in [0.2, 0.25) is 26.2 Å². The Bertz CT molecular complexity index is 807.